The zero-order valence-electron chi connectivity index (χ0n) is 9.71. The van der Waals surface area contributed by atoms with Gasteiger partial charge in [0.25, 0.3) is 5.91 Å². The van der Waals surface area contributed by atoms with Crippen LogP contribution in [0.3, 0.4) is 0 Å². The number of carboxylic acid groups (broad SMARTS) is 1. The van der Waals surface area contributed by atoms with E-state index in [1.807, 2.05) is 0 Å². The van der Waals surface area contributed by atoms with Gasteiger partial charge in [-0.1, -0.05) is 0 Å². The predicted octanol–water partition coefficient (Wildman–Crippen LogP) is 1.05. The van der Waals surface area contributed by atoms with Gasteiger partial charge in [0.1, 0.15) is 5.69 Å². The molecule has 94 valence electrons. The van der Waals surface area contributed by atoms with Crippen molar-refractivity contribution in [3.05, 3.63) is 11.1 Å². The van der Waals surface area contributed by atoms with Crippen molar-refractivity contribution in [1.29, 1.82) is 0 Å². The van der Waals surface area contributed by atoms with Crippen LogP contribution in [0.25, 0.3) is 0 Å². The number of nitrogen functional groups attached to an aromatic ring is 1. The lowest BCUT2D eigenvalue weighted by atomic mass is 10.2. The van der Waals surface area contributed by atoms with E-state index in [2.05, 4.69) is 4.98 Å². The molecule has 0 aliphatic heterocycles. The summed E-state index contributed by atoms with van der Waals surface area (Å²) in [5.41, 5.74) is 5.73. The van der Waals surface area contributed by atoms with Crippen molar-refractivity contribution in [2.75, 3.05) is 12.3 Å². The highest BCUT2D eigenvalue weighted by molar-refractivity contribution is 7.13. The summed E-state index contributed by atoms with van der Waals surface area (Å²) in [6.07, 6.45) is -0.0841. The first-order valence-corrected chi connectivity index (χ1v) is 6.07. The maximum Gasteiger partial charge on any atom is 0.305 e. The third-order valence-corrected chi connectivity index (χ3v) is 3.02. The van der Waals surface area contributed by atoms with E-state index in [0.717, 1.165) is 0 Å². The van der Waals surface area contributed by atoms with E-state index in [1.54, 1.807) is 19.2 Å². The number of nitrogens with two attached hydrogens (primary N) is 1. The Bertz CT molecular complexity index is 419. The number of rotatable bonds is 5. The fourth-order valence-corrected chi connectivity index (χ4v) is 2.09. The number of anilines is 1. The first-order chi connectivity index (χ1) is 7.95. The SMILES string of the molecule is CCN(C(=O)c1csc(N)n1)C(C)CC(=O)O. The zero-order valence-corrected chi connectivity index (χ0v) is 10.5. The van der Waals surface area contributed by atoms with Gasteiger partial charge in [-0.3, -0.25) is 9.59 Å². The third kappa shape index (κ3) is 3.42. The molecule has 1 atom stereocenters. The molecule has 1 aromatic rings. The number of carbonyl (C=O) groups is 2. The lowest BCUT2D eigenvalue weighted by Crippen LogP contribution is -2.39. The van der Waals surface area contributed by atoms with Crippen LogP contribution in [0.15, 0.2) is 5.38 Å². The average Bonchev–Trinajstić information content (AvgIpc) is 2.64. The molecule has 1 heterocycles. The number of thiazole rings is 1. The van der Waals surface area contributed by atoms with Crippen molar-refractivity contribution in [2.45, 2.75) is 26.3 Å². The van der Waals surface area contributed by atoms with Crippen LogP contribution < -0.4 is 5.73 Å². The number of hydrogen-bond donors (Lipinski definition) is 2. The number of carbonyl (C=O) groups excluding carboxylic acids is 1. The fourth-order valence-electron chi connectivity index (χ4n) is 1.55. The van der Waals surface area contributed by atoms with Gasteiger partial charge in [0.15, 0.2) is 5.13 Å². The lowest BCUT2D eigenvalue weighted by Gasteiger charge is -2.26. The number of aromatic nitrogens is 1. The topological polar surface area (TPSA) is 96.5 Å². The second-order valence-corrected chi connectivity index (χ2v) is 4.50. The van der Waals surface area contributed by atoms with E-state index in [4.69, 9.17) is 10.8 Å². The van der Waals surface area contributed by atoms with Gasteiger partial charge in [-0.05, 0) is 13.8 Å². The van der Waals surface area contributed by atoms with Gasteiger partial charge >= 0.3 is 5.97 Å². The van der Waals surface area contributed by atoms with Crippen LogP contribution in [-0.4, -0.2) is 39.5 Å². The maximum absolute atomic E-state index is 12.0. The van der Waals surface area contributed by atoms with E-state index in [9.17, 15) is 9.59 Å². The van der Waals surface area contributed by atoms with Crippen molar-refractivity contribution >= 4 is 28.3 Å². The largest absolute Gasteiger partial charge is 0.481 e. The van der Waals surface area contributed by atoms with Crippen molar-refractivity contribution in [3.63, 3.8) is 0 Å². The summed E-state index contributed by atoms with van der Waals surface area (Å²) >= 11 is 1.19. The van der Waals surface area contributed by atoms with Gasteiger partial charge in [-0.25, -0.2) is 4.98 Å². The van der Waals surface area contributed by atoms with Crippen molar-refractivity contribution in [1.82, 2.24) is 9.88 Å². The predicted molar refractivity (Wildman–Crippen MR) is 65.0 cm³/mol. The number of amides is 1. The number of hydrogen-bond acceptors (Lipinski definition) is 5. The summed E-state index contributed by atoms with van der Waals surface area (Å²) in [4.78, 5) is 28.0. The molecular weight excluding hydrogens is 242 g/mol. The van der Waals surface area contributed by atoms with Gasteiger partial charge in [0, 0.05) is 18.0 Å². The van der Waals surface area contributed by atoms with Crippen molar-refractivity contribution in [3.8, 4) is 0 Å². The Morgan fingerprint density at radius 1 is 1.65 bits per heavy atom. The van der Waals surface area contributed by atoms with Crippen molar-refractivity contribution in [2.24, 2.45) is 0 Å². The normalized spacial score (nSPS) is 12.1. The van der Waals surface area contributed by atoms with Gasteiger partial charge in [-0.15, -0.1) is 11.3 Å². The molecular formula is C10H15N3O3S. The summed E-state index contributed by atoms with van der Waals surface area (Å²) in [6, 6.07) is -0.368. The molecule has 7 heteroatoms. The maximum atomic E-state index is 12.0. The van der Waals surface area contributed by atoms with Gasteiger partial charge < -0.3 is 15.7 Å². The molecule has 0 aliphatic rings. The van der Waals surface area contributed by atoms with E-state index in [1.165, 1.54) is 16.2 Å². The molecule has 0 bridgehead atoms. The van der Waals surface area contributed by atoms with E-state index >= 15 is 0 Å². The molecule has 0 aliphatic carbocycles. The highest BCUT2D eigenvalue weighted by atomic mass is 32.1. The Labute approximate surface area is 103 Å². The standard InChI is InChI=1S/C10H15N3O3S/c1-3-13(6(2)4-8(14)15)9(16)7-5-17-10(11)12-7/h5-6H,3-4H2,1-2H3,(H2,11,12)(H,14,15). The highest BCUT2D eigenvalue weighted by Gasteiger charge is 2.23. The summed E-state index contributed by atoms with van der Waals surface area (Å²) in [6.45, 7) is 3.93. The molecule has 3 N–H and O–H groups in total. The Morgan fingerprint density at radius 3 is 2.71 bits per heavy atom. The Balaban J connectivity index is 2.80. The second kappa shape index (κ2) is 5.62. The molecule has 17 heavy (non-hydrogen) atoms. The van der Waals surface area contributed by atoms with Gasteiger partial charge in [0.2, 0.25) is 0 Å². The fraction of sp³-hybridized carbons (Fsp3) is 0.500. The minimum absolute atomic E-state index is 0.0841. The smallest absolute Gasteiger partial charge is 0.305 e. The van der Waals surface area contributed by atoms with E-state index < -0.39 is 5.97 Å². The molecule has 1 aromatic heterocycles. The Hall–Kier alpha value is -1.63. The van der Waals surface area contributed by atoms with Gasteiger partial charge in [0.05, 0.1) is 6.42 Å². The van der Waals surface area contributed by atoms with Crippen LogP contribution in [0.5, 0.6) is 0 Å². The first-order valence-electron chi connectivity index (χ1n) is 5.19. The minimum atomic E-state index is -0.929. The Kier molecular flexibility index (Phi) is 4.45. The van der Waals surface area contributed by atoms with Crippen LogP contribution >= 0.6 is 11.3 Å². The van der Waals surface area contributed by atoms with E-state index in [0.29, 0.717) is 11.7 Å². The summed E-state index contributed by atoms with van der Waals surface area (Å²) in [7, 11) is 0. The van der Waals surface area contributed by atoms with Crippen LogP contribution in [0.1, 0.15) is 30.8 Å². The van der Waals surface area contributed by atoms with Crippen LogP contribution in [0.2, 0.25) is 0 Å². The monoisotopic (exact) mass is 257 g/mol. The van der Waals surface area contributed by atoms with Crippen LogP contribution in [-0.2, 0) is 4.79 Å². The summed E-state index contributed by atoms with van der Waals surface area (Å²) in [5, 5.41) is 10.6. The van der Waals surface area contributed by atoms with Crippen LogP contribution in [0, 0.1) is 0 Å². The third-order valence-electron chi connectivity index (χ3n) is 2.34. The molecule has 0 saturated carbocycles. The van der Waals surface area contributed by atoms with Crippen LogP contribution in [0.4, 0.5) is 5.13 Å². The molecule has 1 amide bonds. The van der Waals surface area contributed by atoms with E-state index in [-0.39, 0.29) is 24.1 Å². The number of carboxylic acids is 1. The molecule has 1 unspecified atom stereocenters. The molecule has 1 rings (SSSR count). The molecule has 0 spiro atoms. The van der Waals surface area contributed by atoms with Crippen molar-refractivity contribution < 1.29 is 14.7 Å². The summed E-state index contributed by atoms with van der Waals surface area (Å²) in [5.74, 6) is -1.21. The molecule has 6 nitrogen and oxygen atoms in total. The molecule has 0 aromatic carbocycles. The molecule has 0 fully saturated rings. The number of aliphatic carboxylic acids is 1. The molecule has 0 saturated heterocycles. The molecule has 0 radical (unpaired) electrons. The lowest BCUT2D eigenvalue weighted by molar-refractivity contribution is -0.138. The first kappa shape index (κ1) is 13.4. The number of nitrogens with zero attached hydrogens (tertiary/aromatic N) is 2. The zero-order chi connectivity index (χ0) is 13.0. The minimum Gasteiger partial charge on any atom is -0.481 e. The highest BCUT2D eigenvalue weighted by Crippen LogP contribution is 2.15. The summed E-state index contributed by atoms with van der Waals surface area (Å²) < 4.78 is 0. The second-order valence-electron chi connectivity index (χ2n) is 3.61. The average molecular weight is 257 g/mol. The quantitative estimate of drug-likeness (QED) is 0.821. The van der Waals surface area contributed by atoms with Gasteiger partial charge in [-0.2, -0.15) is 0 Å². The Morgan fingerprint density at radius 2 is 2.29 bits per heavy atom.